The summed E-state index contributed by atoms with van der Waals surface area (Å²) < 4.78 is 0. The van der Waals surface area contributed by atoms with Crippen LogP contribution in [0.2, 0.25) is 0 Å². The molecule has 0 aromatic heterocycles. The number of rotatable bonds is 7. The Bertz CT molecular complexity index is 766. The maximum Gasteiger partial charge on any atom is 0.253 e. The van der Waals surface area contributed by atoms with E-state index in [-0.39, 0.29) is 18.4 Å². The molecule has 1 fully saturated rings. The second kappa shape index (κ2) is 10.0. The molecule has 2 amide bonds. The van der Waals surface area contributed by atoms with E-state index in [2.05, 4.69) is 29.7 Å². The lowest BCUT2D eigenvalue weighted by Gasteiger charge is -2.30. The molecular weight excluding hydrogens is 350 g/mol. The molecule has 28 heavy (non-hydrogen) atoms. The molecule has 5 nitrogen and oxygen atoms in total. The molecule has 1 aliphatic heterocycles. The Morgan fingerprint density at radius 1 is 1.00 bits per heavy atom. The van der Waals surface area contributed by atoms with E-state index in [0.29, 0.717) is 17.2 Å². The third-order valence-electron chi connectivity index (χ3n) is 5.21. The summed E-state index contributed by atoms with van der Waals surface area (Å²) in [5.41, 5.74) is 2.63. The summed E-state index contributed by atoms with van der Waals surface area (Å²) in [7, 11) is 0. The predicted molar refractivity (Wildman–Crippen MR) is 112 cm³/mol. The fourth-order valence-electron chi connectivity index (χ4n) is 3.37. The van der Waals surface area contributed by atoms with E-state index in [9.17, 15) is 9.59 Å². The first-order valence-corrected chi connectivity index (χ1v) is 10.1. The van der Waals surface area contributed by atoms with Gasteiger partial charge in [0.05, 0.1) is 6.54 Å². The minimum absolute atomic E-state index is 0.0763. The summed E-state index contributed by atoms with van der Waals surface area (Å²) in [4.78, 5) is 26.6. The van der Waals surface area contributed by atoms with E-state index in [4.69, 9.17) is 0 Å². The summed E-state index contributed by atoms with van der Waals surface area (Å²) >= 11 is 0. The molecule has 0 bridgehead atoms. The minimum Gasteiger partial charge on any atom is -0.339 e. The molecule has 0 atom stereocenters. The predicted octanol–water partition coefficient (Wildman–Crippen LogP) is 3.33. The van der Waals surface area contributed by atoms with Crippen molar-refractivity contribution in [1.82, 2.24) is 10.2 Å². The van der Waals surface area contributed by atoms with Crippen LogP contribution in [0.4, 0.5) is 5.69 Å². The lowest BCUT2D eigenvalue weighted by molar-refractivity contribution is -0.115. The highest BCUT2D eigenvalue weighted by atomic mass is 16.2. The molecule has 1 aliphatic rings. The van der Waals surface area contributed by atoms with Gasteiger partial charge < -0.3 is 15.5 Å². The van der Waals surface area contributed by atoms with Crippen LogP contribution in [-0.2, 0) is 11.2 Å². The van der Waals surface area contributed by atoms with Gasteiger partial charge >= 0.3 is 0 Å². The number of nitrogens with zero attached hydrogens (tertiary/aromatic N) is 1. The van der Waals surface area contributed by atoms with Crippen LogP contribution >= 0.6 is 0 Å². The van der Waals surface area contributed by atoms with Crippen molar-refractivity contribution in [3.05, 3.63) is 65.7 Å². The quantitative estimate of drug-likeness (QED) is 0.726. The van der Waals surface area contributed by atoms with Gasteiger partial charge in [0.25, 0.3) is 5.91 Å². The van der Waals surface area contributed by atoms with E-state index >= 15 is 0 Å². The zero-order chi connectivity index (χ0) is 19.8. The first-order chi connectivity index (χ1) is 13.6. The van der Waals surface area contributed by atoms with Crippen molar-refractivity contribution in [1.29, 1.82) is 0 Å². The Hall–Kier alpha value is -2.66. The third-order valence-corrected chi connectivity index (χ3v) is 5.21. The van der Waals surface area contributed by atoms with Gasteiger partial charge in [-0.3, -0.25) is 9.59 Å². The fraction of sp³-hybridized carbons (Fsp3) is 0.391. The van der Waals surface area contributed by atoms with Gasteiger partial charge in [0.1, 0.15) is 0 Å². The van der Waals surface area contributed by atoms with Crippen molar-refractivity contribution in [2.24, 2.45) is 5.92 Å². The topological polar surface area (TPSA) is 61.4 Å². The van der Waals surface area contributed by atoms with Crippen molar-refractivity contribution in [2.45, 2.75) is 26.2 Å². The lowest BCUT2D eigenvalue weighted by Crippen LogP contribution is -2.37. The van der Waals surface area contributed by atoms with E-state index in [1.807, 2.05) is 23.1 Å². The zero-order valence-corrected chi connectivity index (χ0v) is 16.5. The van der Waals surface area contributed by atoms with Crippen molar-refractivity contribution >= 4 is 17.5 Å². The highest BCUT2D eigenvalue weighted by Crippen LogP contribution is 2.19. The maximum absolute atomic E-state index is 12.6. The van der Waals surface area contributed by atoms with Crippen molar-refractivity contribution in [2.75, 3.05) is 31.5 Å². The molecule has 0 unspecified atom stereocenters. The molecule has 148 valence electrons. The number of carbonyl (C=O) groups is 2. The number of benzene rings is 2. The Morgan fingerprint density at radius 2 is 1.68 bits per heavy atom. The van der Waals surface area contributed by atoms with Gasteiger partial charge in [-0.05, 0) is 61.6 Å². The summed E-state index contributed by atoms with van der Waals surface area (Å²) in [6.45, 7) is 4.90. The summed E-state index contributed by atoms with van der Waals surface area (Å²) in [6, 6.07) is 17.4. The number of nitrogens with one attached hydrogen (secondary N) is 2. The van der Waals surface area contributed by atoms with Crippen molar-refractivity contribution in [3.63, 3.8) is 0 Å². The van der Waals surface area contributed by atoms with Crippen LogP contribution in [-0.4, -0.2) is 42.9 Å². The molecule has 0 saturated carbocycles. The van der Waals surface area contributed by atoms with Crippen LogP contribution in [0.3, 0.4) is 0 Å². The molecule has 1 heterocycles. The van der Waals surface area contributed by atoms with Gasteiger partial charge in [-0.1, -0.05) is 37.3 Å². The van der Waals surface area contributed by atoms with Crippen molar-refractivity contribution < 1.29 is 9.59 Å². The van der Waals surface area contributed by atoms with Gasteiger partial charge in [-0.15, -0.1) is 0 Å². The molecular formula is C23H29N3O2. The second-order valence-electron chi connectivity index (χ2n) is 7.51. The first kappa shape index (κ1) is 20.1. The number of hydrogen-bond donors (Lipinski definition) is 2. The zero-order valence-electron chi connectivity index (χ0n) is 16.5. The molecule has 2 aromatic rings. The summed E-state index contributed by atoms with van der Waals surface area (Å²) in [5, 5.41) is 6.02. The molecule has 2 N–H and O–H groups in total. The minimum atomic E-state index is -0.0860. The highest BCUT2D eigenvalue weighted by molar-refractivity contribution is 5.96. The lowest BCUT2D eigenvalue weighted by atomic mass is 9.98. The smallest absolute Gasteiger partial charge is 0.253 e. The molecule has 0 spiro atoms. The summed E-state index contributed by atoms with van der Waals surface area (Å²) in [5.74, 6) is 0.687. The van der Waals surface area contributed by atoms with Gasteiger partial charge in [0.2, 0.25) is 5.91 Å². The number of carbonyl (C=O) groups excluding carboxylic acids is 2. The van der Waals surface area contributed by atoms with E-state index in [1.54, 1.807) is 24.3 Å². The molecule has 2 aromatic carbocycles. The molecule has 3 rings (SSSR count). The highest BCUT2D eigenvalue weighted by Gasteiger charge is 2.21. The van der Waals surface area contributed by atoms with Gasteiger partial charge in [-0.25, -0.2) is 0 Å². The van der Waals surface area contributed by atoms with Crippen LogP contribution in [0.25, 0.3) is 0 Å². The number of piperidine rings is 1. The molecule has 1 saturated heterocycles. The Labute approximate surface area is 167 Å². The van der Waals surface area contributed by atoms with Crippen LogP contribution in [0.5, 0.6) is 0 Å². The van der Waals surface area contributed by atoms with Gasteiger partial charge in [0, 0.05) is 24.3 Å². The van der Waals surface area contributed by atoms with Gasteiger partial charge in [-0.2, -0.15) is 0 Å². The van der Waals surface area contributed by atoms with E-state index in [1.165, 1.54) is 5.56 Å². The van der Waals surface area contributed by atoms with Crippen LogP contribution < -0.4 is 10.6 Å². The number of likely N-dealkylation sites (tertiary alicyclic amines) is 1. The third kappa shape index (κ3) is 5.92. The van der Waals surface area contributed by atoms with E-state index in [0.717, 1.165) is 38.9 Å². The average molecular weight is 380 g/mol. The van der Waals surface area contributed by atoms with E-state index < -0.39 is 0 Å². The largest absolute Gasteiger partial charge is 0.339 e. The normalized spacial score (nSPS) is 14.7. The van der Waals surface area contributed by atoms with Crippen molar-refractivity contribution in [3.8, 4) is 0 Å². The second-order valence-corrected chi connectivity index (χ2v) is 7.51. The molecule has 0 radical (unpaired) electrons. The monoisotopic (exact) mass is 379 g/mol. The SMILES string of the molecule is CC1CCN(C(=O)c2ccc(NC(=O)CNCCc3ccccc3)cc2)CC1. The van der Waals surface area contributed by atoms with Crippen LogP contribution in [0.15, 0.2) is 54.6 Å². The van der Waals surface area contributed by atoms with Crippen LogP contribution in [0, 0.1) is 5.92 Å². The average Bonchev–Trinajstić information content (AvgIpc) is 2.73. The molecule has 5 heteroatoms. The Balaban J connectivity index is 1.41. The Kier molecular flexibility index (Phi) is 7.20. The standard InChI is InChI=1S/C23H29N3O2/c1-18-12-15-26(16-13-18)23(28)20-7-9-21(10-8-20)25-22(27)17-24-14-11-19-5-3-2-4-6-19/h2-10,18,24H,11-17H2,1H3,(H,25,27). The number of anilines is 1. The number of hydrogen-bond acceptors (Lipinski definition) is 3. The maximum atomic E-state index is 12.6. The first-order valence-electron chi connectivity index (χ1n) is 10.1. The van der Waals surface area contributed by atoms with Crippen LogP contribution in [0.1, 0.15) is 35.7 Å². The fourth-order valence-corrected chi connectivity index (χ4v) is 3.37. The van der Waals surface area contributed by atoms with Gasteiger partial charge in [0.15, 0.2) is 0 Å². The summed E-state index contributed by atoms with van der Waals surface area (Å²) in [6.07, 6.45) is 3.02. The Morgan fingerprint density at radius 3 is 2.36 bits per heavy atom. The molecule has 0 aliphatic carbocycles. The number of amides is 2.